The van der Waals surface area contributed by atoms with Crippen molar-refractivity contribution in [2.45, 2.75) is 12.3 Å². The Hall–Kier alpha value is -1.55. The fourth-order valence-corrected chi connectivity index (χ4v) is 2.82. The molecule has 1 fully saturated rings. The first kappa shape index (κ1) is 10.6. The van der Waals surface area contributed by atoms with E-state index in [4.69, 9.17) is 4.74 Å². The molecule has 2 atom stereocenters. The number of piperidine rings is 1. The second-order valence-corrected chi connectivity index (χ2v) is 4.65. The number of hydrogen-bond acceptors (Lipinski definition) is 3. The minimum atomic E-state index is 0.122. The van der Waals surface area contributed by atoms with Gasteiger partial charge in [0.25, 0.3) is 0 Å². The maximum Gasteiger partial charge on any atom is 0.228 e. The Morgan fingerprint density at radius 1 is 1.35 bits per heavy atom. The quantitative estimate of drug-likeness (QED) is 0.768. The van der Waals surface area contributed by atoms with E-state index in [2.05, 4.69) is 16.7 Å². The normalized spacial score (nSPS) is 26.8. The van der Waals surface area contributed by atoms with Crippen molar-refractivity contribution in [2.24, 2.45) is 5.92 Å². The molecular formula is C13H16N2O2. The van der Waals surface area contributed by atoms with Crippen molar-refractivity contribution in [2.75, 3.05) is 25.5 Å². The molecule has 1 saturated heterocycles. The molecule has 1 amide bonds. The Labute approximate surface area is 100 Å². The van der Waals surface area contributed by atoms with Crippen LogP contribution in [0.1, 0.15) is 17.9 Å². The molecule has 2 aliphatic heterocycles. The van der Waals surface area contributed by atoms with Crippen LogP contribution < -0.4 is 15.4 Å². The van der Waals surface area contributed by atoms with Gasteiger partial charge in [0.1, 0.15) is 5.75 Å². The highest BCUT2D eigenvalue weighted by Crippen LogP contribution is 2.40. The number of carbonyl (C=O) groups is 1. The number of amides is 1. The van der Waals surface area contributed by atoms with E-state index in [0.717, 1.165) is 30.9 Å². The van der Waals surface area contributed by atoms with Crippen molar-refractivity contribution in [3.63, 3.8) is 0 Å². The maximum atomic E-state index is 12.0. The summed E-state index contributed by atoms with van der Waals surface area (Å²) in [5.41, 5.74) is 2.13. The van der Waals surface area contributed by atoms with E-state index in [-0.39, 0.29) is 11.8 Å². The van der Waals surface area contributed by atoms with Crippen molar-refractivity contribution < 1.29 is 9.53 Å². The van der Waals surface area contributed by atoms with Crippen molar-refractivity contribution in [1.29, 1.82) is 0 Å². The SMILES string of the molecule is COc1ccc2c(c1)NC(=O)C1CCNCC21. The largest absolute Gasteiger partial charge is 0.497 e. The summed E-state index contributed by atoms with van der Waals surface area (Å²) >= 11 is 0. The molecule has 4 nitrogen and oxygen atoms in total. The van der Waals surface area contributed by atoms with Crippen molar-refractivity contribution in [1.82, 2.24) is 5.32 Å². The van der Waals surface area contributed by atoms with Gasteiger partial charge in [0.2, 0.25) is 5.91 Å². The monoisotopic (exact) mass is 232 g/mol. The van der Waals surface area contributed by atoms with Gasteiger partial charge in [0.05, 0.1) is 7.11 Å². The van der Waals surface area contributed by atoms with Crippen molar-refractivity contribution in [3.05, 3.63) is 23.8 Å². The molecule has 0 spiro atoms. The van der Waals surface area contributed by atoms with Crippen LogP contribution in [0.25, 0.3) is 0 Å². The van der Waals surface area contributed by atoms with E-state index in [0.29, 0.717) is 5.92 Å². The topological polar surface area (TPSA) is 50.4 Å². The average molecular weight is 232 g/mol. The van der Waals surface area contributed by atoms with Gasteiger partial charge in [-0.1, -0.05) is 6.07 Å². The number of anilines is 1. The predicted molar refractivity (Wildman–Crippen MR) is 65.3 cm³/mol. The number of carbonyl (C=O) groups excluding carboxylic acids is 1. The summed E-state index contributed by atoms with van der Waals surface area (Å²) in [6.45, 7) is 1.82. The number of nitrogens with one attached hydrogen (secondary N) is 2. The summed E-state index contributed by atoms with van der Waals surface area (Å²) in [5.74, 6) is 1.36. The molecule has 0 bridgehead atoms. The van der Waals surface area contributed by atoms with Gasteiger partial charge >= 0.3 is 0 Å². The third-order valence-electron chi connectivity index (χ3n) is 3.74. The number of hydrogen-bond donors (Lipinski definition) is 2. The first-order valence-electron chi connectivity index (χ1n) is 5.99. The van der Waals surface area contributed by atoms with Crippen molar-refractivity contribution >= 4 is 11.6 Å². The zero-order valence-corrected chi connectivity index (χ0v) is 9.82. The van der Waals surface area contributed by atoms with E-state index in [1.807, 2.05) is 12.1 Å². The van der Waals surface area contributed by atoms with Gasteiger partial charge in [-0.25, -0.2) is 0 Å². The molecule has 0 radical (unpaired) electrons. The Morgan fingerprint density at radius 2 is 2.24 bits per heavy atom. The van der Waals surface area contributed by atoms with E-state index < -0.39 is 0 Å². The van der Waals surface area contributed by atoms with Gasteiger partial charge in [-0.2, -0.15) is 0 Å². The summed E-state index contributed by atoms with van der Waals surface area (Å²) in [5, 5.41) is 6.35. The zero-order chi connectivity index (χ0) is 11.8. The molecule has 0 saturated carbocycles. The lowest BCUT2D eigenvalue weighted by molar-refractivity contribution is -0.121. The summed E-state index contributed by atoms with van der Waals surface area (Å²) in [6, 6.07) is 5.93. The number of rotatable bonds is 1. The van der Waals surface area contributed by atoms with E-state index in [1.54, 1.807) is 7.11 Å². The fraction of sp³-hybridized carbons (Fsp3) is 0.462. The van der Waals surface area contributed by atoms with Gasteiger partial charge in [-0.15, -0.1) is 0 Å². The summed E-state index contributed by atoms with van der Waals surface area (Å²) in [7, 11) is 1.64. The first-order chi connectivity index (χ1) is 8.29. The van der Waals surface area contributed by atoms with Crippen LogP contribution in [0.2, 0.25) is 0 Å². The number of methoxy groups -OCH3 is 1. The van der Waals surface area contributed by atoms with E-state index in [1.165, 1.54) is 5.56 Å². The molecule has 1 aromatic rings. The highest BCUT2D eigenvalue weighted by molar-refractivity contribution is 5.97. The highest BCUT2D eigenvalue weighted by atomic mass is 16.5. The van der Waals surface area contributed by atoms with Crippen LogP contribution in [-0.4, -0.2) is 26.1 Å². The standard InChI is InChI=1S/C13H16N2O2/c1-17-8-2-3-9-11-7-14-5-4-10(11)13(16)15-12(9)6-8/h2-3,6,10-11,14H,4-5,7H2,1H3,(H,15,16). The number of ether oxygens (including phenoxy) is 1. The molecule has 17 heavy (non-hydrogen) atoms. The molecular weight excluding hydrogens is 216 g/mol. The Bertz CT molecular complexity index is 459. The number of benzene rings is 1. The predicted octanol–water partition coefficient (Wildman–Crippen LogP) is 1.34. The van der Waals surface area contributed by atoms with Gasteiger partial charge in [-0.3, -0.25) is 4.79 Å². The molecule has 2 heterocycles. The summed E-state index contributed by atoms with van der Waals surface area (Å²) < 4.78 is 5.18. The Balaban J connectivity index is 2.02. The van der Waals surface area contributed by atoms with Gasteiger partial charge in [0, 0.05) is 30.1 Å². The third kappa shape index (κ3) is 1.69. The molecule has 2 aliphatic rings. The van der Waals surface area contributed by atoms with Gasteiger partial charge in [-0.05, 0) is 24.6 Å². The van der Waals surface area contributed by atoms with Crippen LogP contribution in [-0.2, 0) is 4.79 Å². The van der Waals surface area contributed by atoms with E-state index in [9.17, 15) is 4.79 Å². The van der Waals surface area contributed by atoms with Gasteiger partial charge < -0.3 is 15.4 Å². The van der Waals surface area contributed by atoms with Crippen molar-refractivity contribution in [3.8, 4) is 5.75 Å². The molecule has 1 aromatic carbocycles. The highest BCUT2D eigenvalue weighted by Gasteiger charge is 2.37. The van der Waals surface area contributed by atoms with Crippen LogP contribution >= 0.6 is 0 Å². The minimum Gasteiger partial charge on any atom is -0.497 e. The zero-order valence-electron chi connectivity index (χ0n) is 9.82. The van der Waals surface area contributed by atoms with Gasteiger partial charge in [0.15, 0.2) is 0 Å². The van der Waals surface area contributed by atoms with Crippen LogP contribution in [0, 0.1) is 5.92 Å². The molecule has 0 aliphatic carbocycles. The first-order valence-corrected chi connectivity index (χ1v) is 5.99. The molecule has 4 heteroatoms. The molecule has 0 aromatic heterocycles. The Morgan fingerprint density at radius 3 is 3.06 bits per heavy atom. The number of fused-ring (bicyclic) bond motifs is 3. The fourth-order valence-electron chi connectivity index (χ4n) is 2.82. The maximum absolute atomic E-state index is 12.0. The average Bonchev–Trinajstić information content (AvgIpc) is 2.38. The summed E-state index contributed by atoms with van der Waals surface area (Å²) in [6.07, 6.45) is 0.919. The molecule has 2 unspecified atom stereocenters. The lowest BCUT2D eigenvalue weighted by Crippen LogP contribution is -2.43. The lowest BCUT2D eigenvalue weighted by Gasteiger charge is -2.36. The van der Waals surface area contributed by atoms with E-state index >= 15 is 0 Å². The van der Waals surface area contributed by atoms with Crippen LogP contribution in [0.3, 0.4) is 0 Å². The summed E-state index contributed by atoms with van der Waals surface area (Å²) in [4.78, 5) is 12.0. The van der Waals surface area contributed by atoms with Crippen LogP contribution in [0.15, 0.2) is 18.2 Å². The molecule has 90 valence electrons. The van der Waals surface area contributed by atoms with Crippen LogP contribution in [0.5, 0.6) is 5.75 Å². The molecule has 2 N–H and O–H groups in total. The second kappa shape index (κ2) is 4.04. The second-order valence-electron chi connectivity index (χ2n) is 4.65. The Kier molecular flexibility index (Phi) is 2.52. The smallest absolute Gasteiger partial charge is 0.228 e. The molecule has 3 rings (SSSR count). The minimum absolute atomic E-state index is 0.122. The van der Waals surface area contributed by atoms with Crippen LogP contribution in [0.4, 0.5) is 5.69 Å². The third-order valence-corrected chi connectivity index (χ3v) is 3.74. The lowest BCUT2D eigenvalue weighted by atomic mass is 9.78.